The molecule has 0 heterocycles. The normalized spacial score (nSPS) is 10.4. The van der Waals surface area contributed by atoms with Gasteiger partial charge in [-0.05, 0) is 52.7 Å². The monoisotopic (exact) mass is 359 g/mol. The topological polar surface area (TPSA) is 29.1 Å². The van der Waals surface area contributed by atoms with Gasteiger partial charge in [0.1, 0.15) is 11.6 Å². The van der Waals surface area contributed by atoms with Crippen molar-refractivity contribution in [1.29, 1.82) is 0 Å². The van der Waals surface area contributed by atoms with Crippen LogP contribution in [0.2, 0.25) is 5.02 Å². The van der Waals surface area contributed by atoms with Gasteiger partial charge in [-0.25, -0.2) is 8.78 Å². The molecule has 2 rings (SSSR count). The van der Waals surface area contributed by atoms with Crippen LogP contribution < -0.4 is 5.32 Å². The Hall–Kier alpha value is -1.46. The molecule has 6 heteroatoms. The number of benzene rings is 2. The Kier molecular flexibility index (Phi) is 4.40. The molecule has 0 fully saturated rings. The number of hydrogen-bond donors (Lipinski definition) is 1. The van der Waals surface area contributed by atoms with Crippen molar-refractivity contribution in [2.75, 3.05) is 5.32 Å². The lowest BCUT2D eigenvalue weighted by Gasteiger charge is -2.11. The summed E-state index contributed by atoms with van der Waals surface area (Å²) in [5.74, 6) is -1.98. The van der Waals surface area contributed by atoms with Crippen molar-refractivity contribution < 1.29 is 13.6 Å². The fourth-order valence-corrected chi connectivity index (χ4v) is 2.39. The Morgan fingerprint density at radius 1 is 1.25 bits per heavy atom. The fraction of sp³-hybridized carbons (Fsp3) is 0.0714. The lowest BCUT2D eigenvalue weighted by atomic mass is 10.1. The van der Waals surface area contributed by atoms with E-state index >= 15 is 0 Å². The van der Waals surface area contributed by atoms with Crippen molar-refractivity contribution in [3.8, 4) is 0 Å². The molecular weight excluding hydrogens is 352 g/mol. The summed E-state index contributed by atoms with van der Waals surface area (Å²) in [4.78, 5) is 12.0. The highest BCUT2D eigenvalue weighted by molar-refractivity contribution is 9.10. The number of carbonyl (C=O) groups excluding carboxylic acids is 1. The highest BCUT2D eigenvalue weighted by Gasteiger charge is 2.17. The van der Waals surface area contributed by atoms with Crippen LogP contribution in [0, 0.1) is 18.6 Å². The molecule has 2 aromatic carbocycles. The van der Waals surface area contributed by atoms with Crippen molar-refractivity contribution in [1.82, 2.24) is 0 Å². The third-order valence-electron chi connectivity index (χ3n) is 2.71. The average molecular weight is 361 g/mol. The number of hydrogen-bond acceptors (Lipinski definition) is 1. The minimum Gasteiger partial charge on any atom is -0.322 e. The fourth-order valence-electron chi connectivity index (χ4n) is 1.68. The first-order chi connectivity index (χ1) is 9.40. The summed E-state index contributed by atoms with van der Waals surface area (Å²) in [5, 5.41) is 2.45. The number of amides is 1. The summed E-state index contributed by atoms with van der Waals surface area (Å²) in [5.41, 5.74) is 0.631. The quantitative estimate of drug-likeness (QED) is 0.807. The zero-order valence-electron chi connectivity index (χ0n) is 10.3. The largest absolute Gasteiger partial charge is 0.322 e. The first-order valence-corrected chi connectivity index (χ1v) is 6.78. The standard InChI is InChI=1S/C14H9BrClF2NO/c1-7-5-8(15)11(18)6-12(7)19-14(20)13-9(16)3-2-4-10(13)17/h2-6H,1H3,(H,19,20). The number of nitrogens with one attached hydrogen (secondary N) is 1. The van der Waals surface area contributed by atoms with E-state index in [1.807, 2.05) is 0 Å². The van der Waals surface area contributed by atoms with Crippen LogP contribution in [-0.4, -0.2) is 5.91 Å². The maximum Gasteiger partial charge on any atom is 0.260 e. The molecule has 1 N–H and O–H groups in total. The van der Waals surface area contributed by atoms with E-state index in [0.717, 1.165) is 12.1 Å². The van der Waals surface area contributed by atoms with Crippen LogP contribution in [0.5, 0.6) is 0 Å². The minimum absolute atomic E-state index is 0.00210. The van der Waals surface area contributed by atoms with Crippen LogP contribution in [0.1, 0.15) is 15.9 Å². The second kappa shape index (κ2) is 5.89. The summed E-state index contributed by atoms with van der Waals surface area (Å²) >= 11 is 8.85. The Morgan fingerprint density at radius 3 is 2.60 bits per heavy atom. The molecule has 0 aromatic heterocycles. The van der Waals surface area contributed by atoms with E-state index < -0.39 is 17.5 Å². The lowest BCUT2D eigenvalue weighted by molar-refractivity contribution is 0.102. The van der Waals surface area contributed by atoms with Gasteiger partial charge in [0.25, 0.3) is 5.91 Å². The third kappa shape index (κ3) is 2.99. The molecule has 0 saturated carbocycles. The second-order valence-corrected chi connectivity index (χ2v) is 5.39. The first-order valence-electron chi connectivity index (χ1n) is 5.61. The molecule has 0 aliphatic heterocycles. The molecule has 20 heavy (non-hydrogen) atoms. The molecule has 0 radical (unpaired) electrons. The van der Waals surface area contributed by atoms with Gasteiger partial charge in [-0.3, -0.25) is 4.79 Å². The molecule has 0 saturated heterocycles. The van der Waals surface area contributed by atoms with Gasteiger partial charge in [-0.1, -0.05) is 17.7 Å². The van der Waals surface area contributed by atoms with Crippen LogP contribution in [0.25, 0.3) is 0 Å². The van der Waals surface area contributed by atoms with Gasteiger partial charge in [-0.2, -0.15) is 0 Å². The van der Waals surface area contributed by atoms with Crippen molar-refractivity contribution in [2.45, 2.75) is 6.92 Å². The van der Waals surface area contributed by atoms with E-state index in [-0.39, 0.29) is 20.7 Å². The van der Waals surface area contributed by atoms with Crippen LogP contribution in [0.3, 0.4) is 0 Å². The Balaban J connectivity index is 2.35. The predicted octanol–water partition coefficient (Wildman–Crippen LogP) is 4.94. The second-order valence-electron chi connectivity index (χ2n) is 4.13. The number of anilines is 1. The van der Waals surface area contributed by atoms with Crippen molar-refractivity contribution >= 4 is 39.1 Å². The van der Waals surface area contributed by atoms with Gasteiger partial charge in [0.05, 0.1) is 15.1 Å². The molecule has 0 atom stereocenters. The average Bonchev–Trinajstić information content (AvgIpc) is 2.35. The van der Waals surface area contributed by atoms with E-state index in [0.29, 0.717) is 5.56 Å². The highest BCUT2D eigenvalue weighted by Crippen LogP contribution is 2.26. The summed E-state index contributed by atoms with van der Waals surface area (Å²) in [6.07, 6.45) is 0. The molecular formula is C14H9BrClF2NO. The van der Waals surface area contributed by atoms with Crippen molar-refractivity contribution in [2.24, 2.45) is 0 Å². The maximum atomic E-state index is 13.6. The van der Waals surface area contributed by atoms with E-state index in [1.165, 1.54) is 18.2 Å². The van der Waals surface area contributed by atoms with Gasteiger partial charge in [0.15, 0.2) is 0 Å². The molecule has 2 aromatic rings. The number of carbonyl (C=O) groups is 1. The maximum absolute atomic E-state index is 13.6. The molecule has 0 aliphatic carbocycles. The molecule has 0 spiro atoms. The minimum atomic E-state index is -0.731. The Labute approximate surface area is 127 Å². The molecule has 0 aliphatic rings. The third-order valence-corrected chi connectivity index (χ3v) is 3.63. The van der Waals surface area contributed by atoms with Crippen LogP contribution in [0.4, 0.5) is 14.5 Å². The van der Waals surface area contributed by atoms with E-state index in [2.05, 4.69) is 21.2 Å². The molecule has 2 nitrogen and oxygen atoms in total. The molecule has 0 unspecified atom stereocenters. The summed E-state index contributed by atoms with van der Waals surface area (Å²) in [6, 6.07) is 6.63. The smallest absolute Gasteiger partial charge is 0.260 e. The number of rotatable bonds is 2. The van der Waals surface area contributed by atoms with E-state index in [4.69, 9.17) is 11.6 Å². The van der Waals surface area contributed by atoms with Gasteiger partial charge >= 0.3 is 0 Å². The zero-order valence-corrected chi connectivity index (χ0v) is 12.6. The molecule has 0 bridgehead atoms. The number of halogens is 4. The van der Waals surface area contributed by atoms with Crippen molar-refractivity contribution in [3.05, 3.63) is 62.6 Å². The van der Waals surface area contributed by atoms with Gasteiger partial charge in [-0.15, -0.1) is 0 Å². The van der Waals surface area contributed by atoms with E-state index in [9.17, 15) is 13.6 Å². The Morgan fingerprint density at radius 2 is 1.95 bits per heavy atom. The van der Waals surface area contributed by atoms with Gasteiger partial charge in [0.2, 0.25) is 0 Å². The van der Waals surface area contributed by atoms with Crippen LogP contribution in [-0.2, 0) is 0 Å². The van der Waals surface area contributed by atoms with Gasteiger partial charge < -0.3 is 5.32 Å². The predicted molar refractivity (Wildman–Crippen MR) is 78.2 cm³/mol. The summed E-state index contributed by atoms with van der Waals surface area (Å²) in [7, 11) is 0. The first kappa shape index (κ1) is 14.9. The molecule has 1 amide bonds. The van der Waals surface area contributed by atoms with Crippen molar-refractivity contribution in [3.63, 3.8) is 0 Å². The summed E-state index contributed by atoms with van der Waals surface area (Å²) < 4.78 is 27.4. The van der Waals surface area contributed by atoms with E-state index in [1.54, 1.807) is 6.92 Å². The highest BCUT2D eigenvalue weighted by atomic mass is 79.9. The molecule has 104 valence electrons. The van der Waals surface area contributed by atoms with Gasteiger partial charge in [0, 0.05) is 5.69 Å². The van der Waals surface area contributed by atoms with Crippen LogP contribution >= 0.6 is 27.5 Å². The van der Waals surface area contributed by atoms with Crippen LogP contribution in [0.15, 0.2) is 34.8 Å². The Bertz CT molecular complexity index is 671. The summed E-state index contributed by atoms with van der Waals surface area (Å²) in [6.45, 7) is 1.70. The zero-order chi connectivity index (χ0) is 14.9. The number of aryl methyl sites for hydroxylation is 1. The lowest BCUT2D eigenvalue weighted by Crippen LogP contribution is -2.15. The SMILES string of the molecule is Cc1cc(Br)c(F)cc1NC(=O)c1c(F)cccc1Cl.